The topological polar surface area (TPSA) is 98.4 Å². The predicted octanol–water partition coefficient (Wildman–Crippen LogP) is 3.51. The third-order valence-corrected chi connectivity index (χ3v) is 4.38. The van der Waals surface area contributed by atoms with E-state index in [2.05, 4.69) is 20.5 Å². The Morgan fingerprint density at radius 1 is 1.10 bits per heavy atom. The van der Waals surface area contributed by atoms with E-state index in [-0.39, 0.29) is 24.9 Å². The number of nitrogens with zero attached hydrogens (tertiary/aromatic N) is 2. The van der Waals surface area contributed by atoms with Crippen LogP contribution in [0.1, 0.15) is 17.5 Å². The van der Waals surface area contributed by atoms with Gasteiger partial charge >= 0.3 is 0 Å². The molecule has 3 aromatic rings. The van der Waals surface area contributed by atoms with Gasteiger partial charge in [-0.25, -0.2) is 0 Å². The standard InChI is InChI=1S/C21H24N4O4/c1-13-6-5-7-14(2)19(13)29-11-10-18(26)22-21-23-20(24-25-21)16-9-8-15(27-3)12-17(16)28-4/h5-9,12H,10-11H2,1-4H3,(H2,22,23,24,25,26). The first-order valence-electron chi connectivity index (χ1n) is 9.15. The number of hydrogen-bond acceptors (Lipinski definition) is 6. The molecule has 0 spiro atoms. The van der Waals surface area contributed by atoms with Crippen LogP contribution in [-0.2, 0) is 4.79 Å². The Labute approximate surface area is 169 Å². The molecule has 0 unspecified atom stereocenters. The van der Waals surface area contributed by atoms with Crippen molar-refractivity contribution in [3.8, 4) is 28.6 Å². The lowest BCUT2D eigenvalue weighted by Gasteiger charge is -2.11. The van der Waals surface area contributed by atoms with Crippen molar-refractivity contribution in [1.82, 2.24) is 15.2 Å². The van der Waals surface area contributed by atoms with Gasteiger partial charge in [-0.05, 0) is 37.1 Å². The molecule has 8 heteroatoms. The van der Waals surface area contributed by atoms with Gasteiger partial charge in [-0.15, -0.1) is 5.10 Å². The molecule has 1 aromatic heterocycles. The van der Waals surface area contributed by atoms with E-state index in [0.29, 0.717) is 22.9 Å². The molecule has 3 rings (SSSR count). The molecule has 0 radical (unpaired) electrons. The number of para-hydroxylation sites is 1. The number of aromatic nitrogens is 3. The van der Waals surface area contributed by atoms with Gasteiger partial charge in [0.15, 0.2) is 5.82 Å². The summed E-state index contributed by atoms with van der Waals surface area (Å²) in [6.45, 7) is 4.22. The molecular weight excluding hydrogens is 372 g/mol. The molecule has 0 saturated heterocycles. The Balaban J connectivity index is 1.59. The fraction of sp³-hybridized carbons (Fsp3) is 0.286. The molecule has 1 amide bonds. The van der Waals surface area contributed by atoms with Crippen molar-refractivity contribution >= 4 is 11.9 Å². The van der Waals surface area contributed by atoms with Crippen molar-refractivity contribution in [2.75, 3.05) is 26.1 Å². The van der Waals surface area contributed by atoms with Crippen LogP contribution < -0.4 is 19.5 Å². The van der Waals surface area contributed by atoms with Crippen LogP contribution in [0.4, 0.5) is 5.95 Å². The molecular formula is C21H24N4O4. The number of carbonyl (C=O) groups is 1. The summed E-state index contributed by atoms with van der Waals surface area (Å²) in [6.07, 6.45) is 0.184. The number of amides is 1. The molecule has 0 aliphatic rings. The van der Waals surface area contributed by atoms with Crippen LogP contribution in [0, 0.1) is 13.8 Å². The zero-order chi connectivity index (χ0) is 20.8. The van der Waals surface area contributed by atoms with Crippen molar-refractivity contribution in [3.05, 3.63) is 47.5 Å². The highest BCUT2D eigenvalue weighted by Gasteiger charge is 2.14. The summed E-state index contributed by atoms with van der Waals surface area (Å²) < 4.78 is 16.3. The summed E-state index contributed by atoms with van der Waals surface area (Å²) in [5, 5.41) is 9.53. The quantitative estimate of drug-likeness (QED) is 0.605. The normalized spacial score (nSPS) is 10.5. The number of hydrogen-bond donors (Lipinski definition) is 2. The molecule has 1 heterocycles. The van der Waals surface area contributed by atoms with E-state index in [1.165, 1.54) is 0 Å². The van der Waals surface area contributed by atoms with E-state index in [0.717, 1.165) is 16.9 Å². The van der Waals surface area contributed by atoms with Crippen molar-refractivity contribution in [1.29, 1.82) is 0 Å². The van der Waals surface area contributed by atoms with Crippen LogP contribution in [0.5, 0.6) is 17.2 Å². The second kappa shape index (κ2) is 9.09. The molecule has 152 valence electrons. The number of ether oxygens (including phenoxy) is 3. The molecule has 0 bridgehead atoms. The van der Waals surface area contributed by atoms with Gasteiger partial charge in [0, 0.05) is 6.07 Å². The number of benzene rings is 2. The maximum Gasteiger partial charge on any atom is 0.249 e. The Hall–Kier alpha value is -3.55. The van der Waals surface area contributed by atoms with Gasteiger partial charge in [-0.3, -0.25) is 15.2 Å². The van der Waals surface area contributed by atoms with Crippen LogP contribution in [0.3, 0.4) is 0 Å². The van der Waals surface area contributed by atoms with E-state index in [1.807, 2.05) is 38.1 Å². The molecule has 0 aliphatic carbocycles. The molecule has 2 N–H and O–H groups in total. The maximum absolute atomic E-state index is 12.2. The zero-order valence-corrected chi connectivity index (χ0v) is 16.9. The highest BCUT2D eigenvalue weighted by Crippen LogP contribution is 2.31. The highest BCUT2D eigenvalue weighted by atomic mass is 16.5. The number of H-pyrrole nitrogens is 1. The molecule has 29 heavy (non-hydrogen) atoms. The Morgan fingerprint density at radius 3 is 2.55 bits per heavy atom. The van der Waals surface area contributed by atoms with Crippen LogP contribution in [0.25, 0.3) is 11.4 Å². The SMILES string of the molecule is COc1ccc(-c2nc(NC(=O)CCOc3c(C)cccc3C)n[nH]2)c(OC)c1. The highest BCUT2D eigenvalue weighted by molar-refractivity contribution is 5.89. The van der Waals surface area contributed by atoms with E-state index < -0.39 is 0 Å². The van der Waals surface area contributed by atoms with Crippen molar-refractivity contribution in [2.24, 2.45) is 0 Å². The molecule has 8 nitrogen and oxygen atoms in total. The smallest absolute Gasteiger partial charge is 0.249 e. The van der Waals surface area contributed by atoms with Gasteiger partial charge in [0.1, 0.15) is 17.2 Å². The first kappa shape index (κ1) is 20.2. The number of carbonyl (C=O) groups excluding carboxylic acids is 1. The predicted molar refractivity (Wildman–Crippen MR) is 110 cm³/mol. The number of methoxy groups -OCH3 is 2. The van der Waals surface area contributed by atoms with Gasteiger partial charge < -0.3 is 14.2 Å². The third-order valence-electron chi connectivity index (χ3n) is 4.38. The molecule has 2 aromatic carbocycles. The number of rotatable bonds is 8. The minimum atomic E-state index is -0.233. The van der Waals surface area contributed by atoms with Crippen molar-refractivity contribution < 1.29 is 19.0 Å². The average molecular weight is 396 g/mol. The van der Waals surface area contributed by atoms with Crippen LogP contribution >= 0.6 is 0 Å². The van der Waals surface area contributed by atoms with E-state index in [1.54, 1.807) is 26.4 Å². The molecule has 0 fully saturated rings. The minimum absolute atomic E-state index is 0.184. The summed E-state index contributed by atoms with van der Waals surface area (Å²) >= 11 is 0. The lowest BCUT2D eigenvalue weighted by atomic mass is 10.1. The van der Waals surface area contributed by atoms with Crippen LogP contribution in [0.15, 0.2) is 36.4 Å². The van der Waals surface area contributed by atoms with Crippen molar-refractivity contribution in [2.45, 2.75) is 20.3 Å². The lowest BCUT2D eigenvalue weighted by Crippen LogP contribution is -2.16. The van der Waals surface area contributed by atoms with Crippen molar-refractivity contribution in [3.63, 3.8) is 0 Å². The van der Waals surface area contributed by atoms with Gasteiger partial charge in [0.05, 0.1) is 32.8 Å². The van der Waals surface area contributed by atoms with E-state index in [4.69, 9.17) is 14.2 Å². The zero-order valence-electron chi connectivity index (χ0n) is 16.9. The summed E-state index contributed by atoms with van der Waals surface area (Å²) in [6, 6.07) is 11.3. The fourth-order valence-electron chi connectivity index (χ4n) is 2.89. The summed E-state index contributed by atoms with van der Waals surface area (Å²) in [4.78, 5) is 16.5. The number of aromatic amines is 1. The van der Waals surface area contributed by atoms with E-state index >= 15 is 0 Å². The fourth-order valence-corrected chi connectivity index (χ4v) is 2.89. The summed E-state index contributed by atoms with van der Waals surface area (Å²) in [5.41, 5.74) is 2.79. The van der Waals surface area contributed by atoms with Crippen LogP contribution in [0.2, 0.25) is 0 Å². The first-order valence-corrected chi connectivity index (χ1v) is 9.15. The molecule has 0 aliphatic heterocycles. The minimum Gasteiger partial charge on any atom is -0.497 e. The van der Waals surface area contributed by atoms with Gasteiger partial charge in [-0.1, -0.05) is 18.2 Å². The van der Waals surface area contributed by atoms with Gasteiger partial charge in [0.25, 0.3) is 0 Å². The molecule has 0 saturated carbocycles. The second-order valence-corrected chi connectivity index (χ2v) is 6.44. The molecule has 0 atom stereocenters. The number of aryl methyl sites for hydroxylation is 2. The van der Waals surface area contributed by atoms with Crippen LogP contribution in [-0.4, -0.2) is 41.9 Å². The van der Waals surface area contributed by atoms with Gasteiger partial charge in [-0.2, -0.15) is 4.98 Å². The largest absolute Gasteiger partial charge is 0.497 e. The first-order chi connectivity index (χ1) is 14.0. The lowest BCUT2D eigenvalue weighted by molar-refractivity contribution is -0.116. The summed E-state index contributed by atoms with van der Waals surface area (Å²) in [5.74, 6) is 2.50. The number of anilines is 1. The monoisotopic (exact) mass is 396 g/mol. The maximum atomic E-state index is 12.2. The Morgan fingerprint density at radius 2 is 1.86 bits per heavy atom. The summed E-state index contributed by atoms with van der Waals surface area (Å²) in [7, 11) is 3.15. The average Bonchev–Trinajstić information content (AvgIpc) is 3.17. The van der Waals surface area contributed by atoms with Gasteiger partial charge in [0.2, 0.25) is 11.9 Å². The Bertz CT molecular complexity index is 980. The number of nitrogens with one attached hydrogen (secondary N) is 2. The third kappa shape index (κ3) is 4.84. The van der Waals surface area contributed by atoms with E-state index in [9.17, 15) is 4.79 Å². The second-order valence-electron chi connectivity index (χ2n) is 6.44. The Kier molecular flexibility index (Phi) is 6.33.